The Morgan fingerprint density at radius 1 is 1.07 bits per heavy atom. The minimum atomic E-state index is 0.703. The second kappa shape index (κ2) is 8.49. The number of rotatable bonds is 8. The van der Waals surface area contributed by atoms with Crippen molar-refractivity contribution in [2.24, 2.45) is 0 Å². The summed E-state index contributed by atoms with van der Waals surface area (Å²) < 4.78 is 5.47. The van der Waals surface area contributed by atoms with Crippen LogP contribution in [-0.4, -0.2) is 0 Å². The lowest BCUT2D eigenvalue weighted by atomic mass is 10.2. The molecular formula is C14H21O. The molecule has 1 aromatic carbocycles. The summed E-state index contributed by atoms with van der Waals surface area (Å²) in [6.45, 7) is 4.88. The van der Waals surface area contributed by atoms with Gasteiger partial charge in [0.25, 0.3) is 0 Å². The van der Waals surface area contributed by atoms with Gasteiger partial charge >= 0.3 is 0 Å². The highest BCUT2D eigenvalue weighted by Gasteiger charge is 1.93. The van der Waals surface area contributed by atoms with Crippen molar-refractivity contribution in [1.82, 2.24) is 0 Å². The van der Waals surface area contributed by atoms with E-state index in [1.807, 2.05) is 24.8 Å². The molecule has 1 nitrogen and oxygen atoms in total. The lowest BCUT2D eigenvalue weighted by molar-refractivity contribution is 0.176. The molecule has 0 saturated heterocycles. The van der Waals surface area contributed by atoms with Gasteiger partial charge in [0, 0.05) is 0 Å². The maximum absolute atomic E-state index is 5.47. The Morgan fingerprint density at radius 3 is 2.60 bits per heavy atom. The molecule has 0 unspecified atom stereocenters. The van der Waals surface area contributed by atoms with Gasteiger partial charge in [-0.2, -0.15) is 0 Å². The van der Waals surface area contributed by atoms with E-state index >= 15 is 0 Å². The van der Waals surface area contributed by atoms with Crippen LogP contribution in [0.3, 0.4) is 0 Å². The molecule has 0 spiro atoms. The van der Waals surface area contributed by atoms with E-state index in [-0.39, 0.29) is 0 Å². The molecule has 0 aliphatic rings. The Labute approximate surface area is 93.5 Å². The fraction of sp³-hybridized carbons (Fsp3) is 0.500. The Kier molecular flexibility index (Phi) is 6.93. The predicted octanol–water partition coefficient (Wildman–Crippen LogP) is 4.34. The molecule has 83 valence electrons. The summed E-state index contributed by atoms with van der Waals surface area (Å²) >= 11 is 0. The van der Waals surface area contributed by atoms with Crippen LogP contribution in [-0.2, 0) is 11.3 Å². The number of unbranched alkanes of at least 4 members (excludes halogenated alkanes) is 4. The monoisotopic (exact) mass is 205 g/mol. The summed E-state index contributed by atoms with van der Waals surface area (Å²) in [6, 6.07) is 10.3. The van der Waals surface area contributed by atoms with Crippen molar-refractivity contribution in [3.8, 4) is 0 Å². The highest BCUT2D eigenvalue weighted by Crippen LogP contribution is 2.07. The quantitative estimate of drug-likeness (QED) is 0.574. The third-order valence-electron chi connectivity index (χ3n) is 2.39. The first-order valence-corrected chi connectivity index (χ1v) is 5.90. The van der Waals surface area contributed by atoms with Crippen molar-refractivity contribution >= 4 is 0 Å². The minimum absolute atomic E-state index is 0.703. The maximum Gasteiger partial charge on any atom is 0.0841 e. The summed E-state index contributed by atoms with van der Waals surface area (Å²) in [6.07, 6.45) is 6.29. The van der Waals surface area contributed by atoms with Crippen LogP contribution in [0.4, 0.5) is 0 Å². The topological polar surface area (TPSA) is 9.23 Å². The summed E-state index contributed by atoms with van der Waals surface area (Å²) in [4.78, 5) is 0. The van der Waals surface area contributed by atoms with Gasteiger partial charge in [0.05, 0.1) is 13.2 Å². The molecule has 0 aliphatic heterocycles. The molecule has 0 aliphatic carbocycles. The Morgan fingerprint density at radius 2 is 1.87 bits per heavy atom. The molecule has 0 amide bonds. The number of hydrogen-bond acceptors (Lipinski definition) is 1. The molecule has 0 saturated carbocycles. The van der Waals surface area contributed by atoms with Gasteiger partial charge in [0.1, 0.15) is 0 Å². The van der Waals surface area contributed by atoms with Crippen LogP contribution < -0.4 is 0 Å². The zero-order chi connectivity index (χ0) is 10.8. The summed E-state index contributed by atoms with van der Waals surface area (Å²) in [5, 5.41) is 0. The van der Waals surface area contributed by atoms with E-state index in [1.165, 1.54) is 31.2 Å². The van der Waals surface area contributed by atoms with Gasteiger partial charge < -0.3 is 4.74 Å². The van der Waals surface area contributed by atoms with Crippen molar-refractivity contribution in [1.29, 1.82) is 0 Å². The number of ether oxygens (including phenoxy) is 1. The van der Waals surface area contributed by atoms with Crippen LogP contribution >= 0.6 is 0 Å². The lowest BCUT2D eigenvalue weighted by Crippen LogP contribution is -1.90. The van der Waals surface area contributed by atoms with Gasteiger partial charge in [-0.15, -0.1) is 0 Å². The number of hydrogen-bond donors (Lipinski definition) is 0. The molecule has 0 N–H and O–H groups in total. The molecule has 0 heterocycles. The van der Waals surface area contributed by atoms with Crippen LogP contribution in [0, 0.1) is 6.61 Å². The molecule has 15 heavy (non-hydrogen) atoms. The van der Waals surface area contributed by atoms with Gasteiger partial charge in [0.2, 0.25) is 0 Å². The average Bonchev–Trinajstić information content (AvgIpc) is 2.29. The van der Waals surface area contributed by atoms with Crippen LogP contribution in [0.25, 0.3) is 0 Å². The van der Waals surface area contributed by atoms with Crippen LogP contribution in [0.5, 0.6) is 0 Å². The highest BCUT2D eigenvalue weighted by molar-refractivity contribution is 5.13. The first-order chi connectivity index (χ1) is 7.43. The Bertz CT molecular complexity index is 230. The maximum atomic E-state index is 5.47. The average molecular weight is 205 g/mol. The van der Waals surface area contributed by atoms with E-state index in [1.54, 1.807) is 0 Å². The van der Waals surface area contributed by atoms with Crippen LogP contribution in [0.1, 0.15) is 44.6 Å². The molecular weight excluding hydrogens is 184 g/mol. The largest absolute Gasteiger partial charge is 0.371 e. The lowest BCUT2D eigenvalue weighted by Gasteiger charge is -2.03. The molecule has 0 atom stereocenters. The van der Waals surface area contributed by atoms with Gasteiger partial charge in [-0.1, -0.05) is 62.9 Å². The SMILES string of the molecule is CCCCCC[CH]OCc1ccccc1. The van der Waals surface area contributed by atoms with Gasteiger partial charge in [-0.3, -0.25) is 0 Å². The van der Waals surface area contributed by atoms with Gasteiger partial charge in [-0.05, 0) is 12.0 Å². The van der Waals surface area contributed by atoms with Crippen molar-refractivity contribution in [2.75, 3.05) is 0 Å². The number of benzene rings is 1. The molecule has 1 aromatic rings. The van der Waals surface area contributed by atoms with Crippen LogP contribution in [0.2, 0.25) is 0 Å². The molecule has 1 rings (SSSR count). The summed E-state index contributed by atoms with van der Waals surface area (Å²) in [5.74, 6) is 0. The third kappa shape index (κ3) is 6.29. The first-order valence-electron chi connectivity index (χ1n) is 5.90. The van der Waals surface area contributed by atoms with Gasteiger partial charge in [0.15, 0.2) is 0 Å². The molecule has 1 heteroatoms. The van der Waals surface area contributed by atoms with E-state index < -0.39 is 0 Å². The highest BCUT2D eigenvalue weighted by atomic mass is 16.5. The predicted molar refractivity (Wildman–Crippen MR) is 64.3 cm³/mol. The second-order valence-corrected chi connectivity index (χ2v) is 3.81. The van der Waals surface area contributed by atoms with E-state index in [0.717, 1.165) is 6.42 Å². The smallest absolute Gasteiger partial charge is 0.0841 e. The normalized spacial score (nSPS) is 10.5. The van der Waals surface area contributed by atoms with E-state index in [2.05, 4.69) is 19.1 Å². The zero-order valence-electron chi connectivity index (χ0n) is 9.61. The fourth-order valence-corrected chi connectivity index (χ4v) is 1.47. The summed E-state index contributed by atoms with van der Waals surface area (Å²) in [5.41, 5.74) is 1.24. The van der Waals surface area contributed by atoms with Crippen molar-refractivity contribution in [3.63, 3.8) is 0 Å². The Hall–Kier alpha value is -0.820. The molecule has 0 bridgehead atoms. The Balaban J connectivity index is 1.93. The molecule has 0 fully saturated rings. The first kappa shape index (κ1) is 12.3. The van der Waals surface area contributed by atoms with Crippen LogP contribution in [0.15, 0.2) is 30.3 Å². The third-order valence-corrected chi connectivity index (χ3v) is 2.39. The molecule has 0 aromatic heterocycles. The van der Waals surface area contributed by atoms with Crippen molar-refractivity contribution < 1.29 is 4.74 Å². The standard InChI is InChI=1S/C14H21O/c1-2-3-4-5-9-12-15-13-14-10-7-6-8-11-14/h6-8,10-12H,2-5,9,13H2,1H3. The second-order valence-electron chi connectivity index (χ2n) is 3.81. The van der Waals surface area contributed by atoms with Crippen molar-refractivity contribution in [3.05, 3.63) is 42.5 Å². The van der Waals surface area contributed by atoms with Gasteiger partial charge in [-0.25, -0.2) is 0 Å². The fourth-order valence-electron chi connectivity index (χ4n) is 1.47. The van der Waals surface area contributed by atoms with E-state index in [4.69, 9.17) is 4.74 Å². The van der Waals surface area contributed by atoms with Crippen molar-refractivity contribution in [2.45, 2.75) is 45.6 Å². The zero-order valence-corrected chi connectivity index (χ0v) is 9.61. The van der Waals surface area contributed by atoms with E-state index in [0.29, 0.717) is 6.61 Å². The molecule has 1 radical (unpaired) electrons. The minimum Gasteiger partial charge on any atom is -0.371 e. The van der Waals surface area contributed by atoms with E-state index in [9.17, 15) is 0 Å². The summed E-state index contributed by atoms with van der Waals surface area (Å²) in [7, 11) is 0.